The Hall–Kier alpha value is -3.58. The third kappa shape index (κ3) is 3.90. The van der Waals surface area contributed by atoms with E-state index < -0.39 is 5.95 Å². The zero-order valence-corrected chi connectivity index (χ0v) is 19.1. The van der Waals surface area contributed by atoms with Crippen molar-refractivity contribution in [1.29, 1.82) is 0 Å². The maximum Gasteiger partial charge on any atom is 0.410 e. The summed E-state index contributed by atoms with van der Waals surface area (Å²) in [5.41, 5.74) is 4.82. The third-order valence-electron chi connectivity index (χ3n) is 7.41. The van der Waals surface area contributed by atoms with E-state index in [0.29, 0.717) is 26.1 Å². The van der Waals surface area contributed by atoms with Crippen LogP contribution in [0, 0.1) is 11.9 Å². The molecule has 2 aliphatic heterocycles. The number of piperidine rings is 1. The van der Waals surface area contributed by atoms with Gasteiger partial charge in [-0.3, -0.25) is 9.69 Å². The fraction of sp³-hybridized carbons (Fsp3) is 0.321. The molecule has 2 unspecified atom stereocenters. The summed E-state index contributed by atoms with van der Waals surface area (Å²) >= 11 is 0. The van der Waals surface area contributed by atoms with Crippen LogP contribution in [0.2, 0.25) is 0 Å². The molecule has 2 atom stereocenters. The van der Waals surface area contributed by atoms with E-state index in [2.05, 4.69) is 29.2 Å². The van der Waals surface area contributed by atoms with Gasteiger partial charge in [-0.25, -0.2) is 9.78 Å². The average Bonchev–Trinajstić information content (AvgIpc) is 3.20. The molecule has 2 bridgehead atoms. The fourth-order valence-electron chi connectivity index (χ4n) is 5.85. The van der Waals surface area contributed by atoms with Crippen LogP contribution in [0.4, 0.5) is 9.18 Å². The number of aromatic nitrogens is 1. The van der Waals surface area contributed by atoms with Crippen molar-refractivity contribution in [3.63, 3.8) is 0 Å². The van der Waals surface area contributed by atoms with E-state index in [1.165, 1.54) is 29.3 Å². The molecule has 0 saturated carbocycles. The van der Waals surface area contributed by atoms with Crippen molar-refractivity contribution in [1.82, 2.24) is 9.88 Å². The largest absolute Gasteiger partial charge is 0.448 e. The fourth-order valence-corrected chi connectivity index (χ4v) is 5.85. The van der Waals surface area contributed by atoms with Crippen LogP contribution in [0.3, 0.4) is 0 Å². The molecule has 3 aliphatic rings. The minimum Gasteiger partial charge on any atom is -0.448 e. The number of carbonyl (C=O) groups excluding carboxylic acids is 2. The number of halogens is 1. The van der Waals surface area contributed by atoms with Crippen LogP contribution in [-0.4, -0.2) is 53.7 Å². The Bertz CT molecular complexity index is 1240. The topological polar surface area (TPSA) is 68.7 Å². The molecule has 2 saturated heterocycles. The van der Waals surface area contributed by atoms with Crippen molar-refractivity contribution in [3.05, 3.63) is 89.5 Å². The Labute approximate surface area is 202 Å². The van der Waals surface area contributed by atoms with Crippen molar-refractivity contribution < 1.29 is 23.5 Å². The lowest BCUT2D eigenvalue weighted by atomic mass is 9.82. The molecule has 2 fully saturated rings. The number of amides is 1. The summed E-state index contributed by atoms with van der Waals surface area (Å²) in [6.07, 6.45) is 0.509. The summed E-state index contributed by atoms with van der Waals surface area (Å²) in [4.78, 5) is 31.8. The van der Waals surface area contributed by atoms with Gasteiger partial charge in [0, 0.05) is 11.8 Å². The Morgan fingerprint density at radius 2 is 1.54 bits per heavy atom. The highest BCUT2D eigenvalue weighted by atomic mass is 19.1. The molecule has 6 rings (SSSR count). The zero-order chi connectivity index (χ0) is 23.9. The second-order valence-corrected chi connectivity index (χ2v) is 9.43. The number of nitrogens with zero attached hydrogens (tertiary/aromatic N) is 2. The Kier molecular flexibility index (Phi) is 5.57. The summed E-state index contributed by atoms with van der Waals surface area (Å²) in [5, 5.41) is 0. The number of morpholine rings is 1. The van der Waals surface area contributed by atoms with Crippen LogP contribution < -0.4 is 0 Å². The molecule has 3 heterocycles. The molecule has 35 heavy (non-hydrogen) atoms. The Morgan fingerprint density at radius 1 is 0.914 bits per heavy atom. The number of pyridine rings is 1. The summed E-state index contributed by atoms with van der Waals surface area (Å²) in [6.45, 7) is 0.946. The molecule has 0 N–H and O–H groups in total. The highest BCUT2D eigenvalue weighted by Gasteiger charge is 2.45. The van der Waals surface area contributed by atoms with Gasteiger partial charge in [-0.05, 0) is 47.2 Å². The van der Waals surface area contributed by atoms with Crippen molar-refractivity contribution in [3.8, 4) is 11.1 Å². The number of fused-ring (bicyclic) bond motifs is 5. The number of hydrogen-bond acceptors (Lipinski definition) is 5. The zero-order valence-electron chi connectivity index (χ0n) is 19.1. The first kappa shape index (κ1) is 21.9. The van der Waals surface area contributed by atoms with Crippen LogP contribution in [0.25, 0.3) is 11.1 Å². The van der Waals surface area contributed by atoms with Gasteiger partial charge in [0.2, 0.25) is 5.95 Å². The van der Waals surface area contributed by atoms with Crippen molar-refractivity contribution in [2.45, 2.75) is 30.8 Å². The molecular formula is C28H25FN2O4. The predicted octanol–water partition coefficient (Wildman–Crippen LogP) is 4.83. The third-order valence-corrected chi connectivity index (χ3v) is 7.41. The first-order chi connectivity index (χ1) is 17.1. The van der Waals surface area contributed by atoms with E-state index in [1.54, 1.807) is 4.90 Å². The minimum atomic E-state index is -0.671. The molecule has 6 nitrogen and oxygen atoms in total. The van der Waals surface area contributed by atoms with Crippen LogP contribution in [0.1, 0.15) is 40.4 Å². The molecular weight excluding hydrogens is 447 g/mol. The Morgan fingerprint density at radius 3 is 2.17 bits per heavy atom. The van der Waals surface area contributed by atoms with Crippen LogP contribution in [0.5, 0.6) is 0 Å². The first-order valence-corrected chi connectivity index (χ1v) is 12.0. The van der Waals surface area contributed by atoms with Crippen LogP contribution in [0.15, 0.2) is 66.7 Å². The summed E-state index contributed by atoms with van der Waals surface area (Å²) in [7, 11) is 0. The SMILES string of the molecule is O=C(c1cccc(F)n1)C1CC2COCC(C1)N2C(=O)OCC1c2ccccc2-c2ccccc21. The highest BCUT2D eigenvalue weighted by Crippen LogP contribution is 2.44. The average molecular weight is 473 g/mol. The lowest BCUT2D eigenvalue weighted by Gasteiger charge is -2.47. The molecule has 3 aromatic rings. The first-order valence-electron chi connectivity index (χ1n) is 12.0. The van der Waals surface area contributed by atoms with Gasteiger partial charge in [-0.15, -0.1) is 0 Å². The standard InChI is InChI=1S/C28H25FN2O4/c29-26-11-5-10-25(30-26)27(32)17-12-18-14-34-15-19(13-17)31(18)28(33)35-16-24-22-8-3-1-6-20(22)21-7-2-4-9-23(21)24/h1-11,17-19,24H,12-16H2. The van der Waals surface area contributed by atoms with Gasteiger partial charge < -0.3 is 9.47 Å². The van der Waals surface area contributed by atoms with Gasteiger partial charge >= 0.3 is 6.09 Å². The molecule has 1 aromatic heterocycles. The van der Waals surface area contributed by atoms with E-state index >= 15 is 0 Å². The number of ether oxygens (including phenoxy) is 2. The van der Waals surface area contributed by atoms with E-state index in [9.17, 15) is 14.0 Å². The van der Waals surface area contributed by atoms with Gasteiger partial charge in [0.1, 0.15) is 12.3 Å². The van der Waals surface area contributed by atoms with Crippen molar-refractivity contribution >= 4 is 11.9 Å². The monoisotopic (exact) mass is 472 g/mol. The summed E-state index contributed by atoms with van der Waals surface area (Å²) in [6, 6.07) is 20.2. The number of rotatable bonds is 4. The number of hydrogen-bond donors (Lipinski definition) is 0. The number of carbonyl (C=O) groups is 2. The molecule has 178 valence electrons. The molecule has 1 aliphatic carbocycles. The van der Waals surface area contributed by atoms with E-state index in [0.717, 1.165) is 11.1 Å². The van der Waals surface area contributed by atoms with E-state index in [4.69, 9.17) is 9.47 Å². The normalized spacial score (nSPS) is 22.9. The Balaban J connectivity index is 1.17. The molecule has 0 spiro atoms. The lowest BCUT2D eigenvalue weighted by molar-refractivity contribution is -0.0748. The quantitative estimate of drug-likeness (QED) is 0.402. The number of benzene rings is 2. The summed E-state index contributed by atoms with van der Waals surface area (Å²) < 4.78 is 25.1. The predicted molar refractivity (Wildman–Crippen MR) is 127 cm³/mol. The van der Waals surface area contributed by atoms with Crippen molar-refractivity contribution in [2.24, 2.45) is 5.92 Å². The molecule has 2 aromatic carbocycles. The smallest absolute Gasteiger partial charge is 0.410 e. The van der Waals surface area contributed by atoms with Crippen LogP contribution in [-0.2, 0) is 9.47 Å². The van der Waals surface area contributed by atoms with Gasteiger partial charge in [0.25, 0.3) is 0 Å². The lowest BCUT2D eigenvalue weighted by Crippen LogP contribution is -2.60. The van der Waals surface area contributed by atoms with Gasteiger partial charge in [-0.2, -0.15) is 4.39 Å². The second-order valence-electron chi connectivity index (χ2n) is 9.43. The van der Waals surface area contributed by atoms with E-state index in [1.807, 2.05) is 24.3 Å². The number of ketones is 1. The van der Waals surface area contributed by atoms with Crippen molar-refractivity contribution in [2.75, 3.05) is 19.8 Å². The number of Topliss-reactive ketones (excluding diaryl/α,β-unsaturated/α-hetero) is 1. The van der Waals surface area contributed by atoms with Gasteiger partial charge in [0.15, 0.2) is 5.78 Å². The van der Waals surface area contributed by atoms with E-state index in [-0.39, 0.29) is 48.1 Å². The second kappa shape index (κ2) is 8.89. The van der Waals surface area contributed by atoms with Crippen LogP contribution >= 0.6 is 0 Å². The minimum absolute atomic E-state index is 0.0133. The highest BCUT2D eigenvalue weighted by molar-refractivity contribution is 5.96. The maximum absolute atomic E-state index is 13.5. The maximum atomic E-state index is 13.5. The van der Waals surface area contributed by atoms with Gasteiger partial charge in [0.05, 0.1) is 25.3 Å². The summed E-state index contributed by atoms with van der Waals surface area (Å²) in [5.74, 6) is -1.20. The molecule has 7 heteroatoms. The van der Waals surface area contributed by atoms with Gasteiger partial charge in [-0.1, -0.05) is 54.6 Å². The molecule has 1 amide bonds. The molecule has 0 radical (unpaired) electrons.